The highest BCUT2D eigenvalue weighted by molar-refractivity contribution is 7.53. The normalized spacial score (nSPS) is 15.4. The van der Waals surface area contributed by atoms with Gasteiger partial charge in [0.2, 0.25) is 5.34 Å². The van der Waals surface area contributed by atoms with Crippen LogP contribution in [-0.4, -0.2) is 29.7 Å². The van der Waals surface area contributed by atoms with Crippen molar-refractivity contribution < 1.29 is 23.8 Å². The molecule has 1 aromatic carbocycles. The summed E-state index contributed by atoms with van der Waals surface area (Å²) in [4.78, 5) is 23.7. The largest absolute Gasteiger partial charge is 0.371 e. The Morgan fingerprint density at radius 1 is 1.22 bits per heavy atom. The molecule has 0 saturated heterocycles. The average molecular weight is 343 g/mol. The maximum absolute atomic E-state index is 13.2. The summed E-state index contributed by atoms with van der Waals surface area (Å²) in [6.07, 6.45) is 2.87. The summed E-state index contributed by atoms with van der Waals surface area (Å²) in [5.41, 5.74) is -1.52. The van der Waals surface area contributed by atoms with Gasteiger partial charge in [-0.05, 0) is 30.5 Å². The molecule has 9 heteroatoms. The van der Waals surface area contributed by atoms with Crippen molar-refractivity contribution in [3.8, 4) is 0 Å². The maximum Gasteiger partial charge on any atom is 0.363 e. The summed E-state index contributed by atoms with van der Waals surface area (Å²) < 4.78 is 26.7. The first kappa shape index (κ1) is 17.7. The van der Waals surface area contributed by atoms with Crippen LogP contribution in [0.15, 0.2) is 36.9 Å². The van der Waals surface area contributed by atoms with E-state index in [9.17, 15) is 23.8 Å². The van der Waals surface area contributed by atoms with Crippen molar-refractivity contribution in [3.63, 3.8) is 0 Å². The molecule has 1 unspecified atom stereocenters. The zero-order chi connectivity index (χ0) is 17.3. The van der Waals surface area contributed by atoms with Crippen molar-refractivity contribution in [2.45, 2.75) is 37.6 Å². The molecule has 1 aromatic heterocycles. The highest BCUT2D eigenvalue weighted by atomic mass is 31.2. The van der Waals surface area contributed by atoms with Gasteiger partial charge in [0.15, 0.2) is 0 Å². The molecule has 0 aliphatic carbocycles. The fourth-order valence-electron chi connectivity index (χ4n) is 3.05. The molecule has 0 bridgehead atoms. The zero-order valence-electron chi connectivity index (χ0n) is 12.8. The van der Waals surface area contributed by atoms with Crippen LogP contribution < -0.4 is 0 Å². The molecule has 0 aliphatic heterocycles. The van der Waals surface area contributed by atoms with Crippen LogP contribution in [0, 0.1) is 5.82 Å². The second kappa shape index (κ2) is 6.13. The van der Waals surface area contributed by atoms with Crippen molar-refractivity contribution in [2.75, 3.05) is 0 Å². The Kier molecular flexibility index (Phi) is 4.73. The number of rotatable bonds is 6. The van der Waals surface area contributed by atoms with Crippen LogP contribution in [0.1, 0.15) is 32.3 Å². The minimum Gasteiger partial charge on any atom is -0.371 e. The molecule has 0 aliphatic rings. The van der Waals surface area contributed by atoms with Gasteiger partial charge in [-0.1, -0.05) is 26.0 Å². The molecule has 2 rings (SSSR count). The molecule has 3 N–H and O–H groups in total. The van der Waals surface area contributed by atoms with Crippen LogP contribution in [0.3, 0.4) is 0 Å². The summed E-state index contributed by atoms with van der Waals surface area (Å²) >= 11 is 0. The van der Waals surface area contributed by atoms with E-state index in [-0.39, 0.29) is 18.4 Å². The van der Waals surface area contributed by atoms with Crippen molar-refractivity contribution in [1.82, 2.24) is 14.8 Å². The van der Waals surface area contributed by atoms with Gasteiger partial charge in [0.1, 0.15) is 24.0 Å². The van der Waals surface area contributed by atoms with E-state index < -0.39 is 24.3 Å². The van der Waals surface area contributed by atoms with E-state index in [2.05, 4.69) is 10.1 Å². The van der Waals surface area contributed by atoms with E-state index in [1.165, 1.54) is 29.5 Å². The molecule has 0 spiro atoms. The number of aromatic nitrogens is 3. The molecule has 0 fully saturated rings. The Morgan fingerprint density at radius 3 is 2.17 bits per heavy atom. The van der Waals surface area contributed by atoms with E-state index in [0.29, 0.717) is 0 Å². The smallest absolute Gasteiger partial charge is 0.363 e. The molecule has 0 amide bonds. The first-order chi connectivity index (χ1) is 10.7. The summed E-state index contributed by atoms with van der Waals surface area (Å²) in [6, 6.07) is 4.44. The molecule has 7 nitrogen and oxygen atoms in total. The number of halogens is 1. The monoisotopic (exact) mass is 343 g/mol. The lowest BCUT2D eigenvalue weighted by Crippen LogP contribution is -2.53. The zero-order valence-corrected chi connectivity index (χ0v) is 13.7. The maximum atomic E-state index is 13.2. The predicted octanol–water partition coefficient (Wildman–Crippen LogP) is 1.96. The quantitative estimate of drug-likeness (QED) is 0.692. The molecular formula is C14H19FN3O4P. The summed E-state index contributed by atoms with van der Waals surface area (Å²) in [5, 5.41) is 12.6. The standard InChI is InChI=1S/C14H19FN3O4P/c1-3-13(4-2,18-10-16-9-17-18)14(19,23(20,21)22)11-5-7-12(15)8-6-11/h5-10,19H,3-4H2,1-2H3,(H2,20,21,22). The predicted molar refractivity (Wildman–Crippen MR) is 80.9 cm³/mol. The Hall–Kier alpha value is -1.60. The van der Waals surface area contributed by atoms with Crippen molar-refractivity contribution in [1.29, 1.82) is 0 Å². The Morgan fingerprint density at radius 2 is 1.78 bits per heavy atom. The van der Waals surface area contributed by atoms with Crippen LogP contribution >= 0.6 is 7.60 Å². The number of hydrogen-bond acceptors (Lipinski definition) is 4. The van der Waals surface area contributed by atoms with Crippen LogP contribution in [0.2, 0.25) is 0 Å². The second-order valence-corrected chi connectivity index (χ2v) is 7.04. The van der Waals surface area contributed by atoms with Gasteiger partial charge in [-0.3, -0.25) is 4.57 Å². The van der Waals surface area contributed by atoms with E-state index in [1.807, 2.05) is 0 Å². The Balaban J connectivity index is 2.80. The lowest BCUT2D eigenvalue weighted by Gasteiger charge is -2.46. The summed E-state index contributed by atoms with van der Waals surface area (Å²) in [5.74, 6) is -0.568. The molecular weight excluding hydrogens is 324 g/mol. The Bertz CT molecular complexity index is 697. The van der Waals surface area contributed by atoms with Crippen molar-refractivity contribution >= 4 is 7.60 Å². The van der Waals surface area contributed by atoms with Gasteiger partial charge in [-0.2, -0.15) is 5.10 Å². The van der Waals surface area contributed by atoms with E-state index in [0.717, 1.165) is 12.1 Å². The first-order valence-electron chi connectivity index (χ1n) is 7.12. The third-order valence-corrected chi connectivity index (χ3v) is 5.86. The minimum absolute atomic E-state index is 0.0774. The molecule has 126 valence electrons. The third-order valence-electron chi connectivity index (χ3n) is 4.34. The first-order valence-corrected chi connectivity index (χ1v) is 8.73. The average Bonchev–Trinajstić information content (AvgIpc) is 3.03. The topological polar surface area (TPSA) is 108 Å². The van der Waals surface area contributed by atoms with Gasteiger partial charge in [0, 0.05) is 0 Å². The Labute approximate surface area is 133 Å². The number of aliphatic hydroxyl groups is 1. The molecule has 0 saturated carbocycles. The van der Waals surface area contributed by atoms with Crippen LogP contribution in [-0.2, 0) is 15.4 Å². The van der Waals surface area contributed by atoms with Crippen molar-refractivity contribution in [2.24, 2.45) is 0 Å². The second-order valence-electron chi connectivity index (χ2n) is 5.30. The fourth-order valence-corrected chi connectivity index (χ4v) is 4.49. The highest BCUT2D eigenvalue weighted by Crippen LogP contribution is 2.64. The van der Waals surface area contributed by atoms with Crippen LogP contribution in [0.4, 0.5) is 4.39 Å². The number of hydrogen-bond donors (Lipinski definition) is 3. The van der Waals surface area contributed by atoms with E-state index in [1.54, 1.807) is 13.8 Å². The molecule has 1 heterocycles. The molecule has 2 aromatic rings. The third kappa shape index (κ3) is 2.61. The van der Waals surface area contributed by atoms with Crippen LogP contribution in [0.5, 0.6) is 0 Å². The van der Waals surface area contributed by atoms with Gasteiger partial charge >= 0.3 is 7.60 Å². The summed E-state index contributed by atoms with van der Waals surface area (Å²) in [7, 11) is -5.08. The van der Waals surface area contributed by atoms with Gasteiger partial charge in [0.25, 0.3) is 0 Å². The van der Waals surface area contributed by atoms with Crippen LogP contribution in [0.25, 0.3) is 0 Å². The summed E-state index contributed by atoms with van der Waals surface area (Å²) in [6.45, 7) is 3.38. The van der Waals surface area contributed by atoms with Gasteiger partial charge < -0.3 is 14.9 Å². The number of nitrogens with zero attached hydrogens (tertiary/aromatic N) is 3. The highest BCUT2D eigenvalue weighted by Gasteiger charge is 2.62. The molecule has 23 heavy (non-hydrogen) atoms. The number of benzene rings is 1. The molecule has 1 atom stereocenters. The fraction of sp³-hybridized carbons (Fsp3) is 0.429. The minimum atomic E-state index is -5.08. The molecule has 0 radical (unpaired) electrons. The van der Waals surface area contributed by atoms with E-state index in [4.69, 9.17) is 0 Å². The van der Waals surface area contributed by atoms with E-state index >= 15 is 0 Å². The lowest BCUT2D eigenvalue weighted by molar-refractivity contribution is -0.0441. The van der Waals surface area contributed by atoms with Gasteiger partial charge in [0.05, 0.1) is 0 Å². The van der Waals surface area contributed by atoms with Gasteiger partial charge in [-0.25, -0.2) is 14.1 Å². The SMILES string of the molecule is CCC(CC)(n1cncn1)C(O)(c1ccc(F)cc1)P(=O)(O)O. The lowest BCUT2D eigenvalue weighted by atomic mass is 9.82. The van der Waals surface area contributed by atoms with Gasteiger partial charge in [-0.15, -0.1) is 0 Å². The van der Waals surface area contributed by atoms with Crippen molar-refractivity contribution in [3.05, 3.63) is 48.3 Å².